The van der Waals surface area contributed by atoms with Crippen LogP contribution in [0.4, 0.5) is 0 Å². The van der Waals surface area contributed by atoms with Gasteiger partial charge in [0, 0.05) is 42.7 Å². The molecule has 3 aromatic rings. The van der Waals surface area contributed by atoms with Gasteiger partial charge in [0.25, 0.3) is 5.91 Å². The summed E-state index contributed by atoms with van der Waals surface area (Å²) in [6.45, 7) is 8.12. The first-order valence-corrected chi connectivity index (χ1v) is 9.13. The minimum Gasteiger partial charge on any atom is -0.334 e. The van der Waals surface area contributed by atoms with E-state index in [-0.39, 0.29) is 18.0 Å². The molecule has 0 saturated heterocycles. The number of carbonyl (C=O) groups is 1. The predicted octanol–water partition coefficient (Wildman–Crippen LogP) is 3.80. The molecule has 0 N–H and O–H groups in total. The fraction of sp³-hybridized carbons (Fsp3) is 0.333. The van der Waals surface area contributed by atoms with Crippen LogP contribution < -0.4 is 0 Å². The van der Waals surface area contributed by atoms with Gasteiger partial charge in [-0.2, -0.15) is 0 Å². The highest BCUT2D eigenvalue weighted by Gasteiger charge is 2.24. The third kappa shape index (κ3) is 3.74. The monoisotopic (exact) mass is 363 g/mol. The summed E-state index contributed by atoms with van der Waals surface area (Å²) in [7, 11) is 1.91. The summed E-state index contributed by atoms with van der Waals surface area (Å²) in [4.78, 5) is 19.4. The third-order valence-corrected chi connectivity index (χ3v) is 4.50. The number of hydrogen-bond acceptors (Lipinski definition) is 4. The molecular weight excluding hydrogens is 338 g/mol. The summed E-state index contributed by atoms with van der Waals surface area (Å²) >= 11 is 0. The van der Waals surface area contributed by atoms with Crippen LogP contribution in [0.15, 0.2) is 48.8 Å². The molecule has 0 aliphatic rings. The van der Waals surface area contributed by atoms with Crippen LogP contribution in [-0.2, 0) is 7.05 Å². The van der Waals surface area contributed by atoms with Crippen molar-refractivity contribution in [2.24, 2.45) is 7.05 Å². The van der Waals surface area contributed by atoms with Crippen LogP contribution in [0, 0.1) is 0 Å². The van der Waals surface area contributed by atoms with Gasteiger partial charge in [-0.25, -0.2) is 4.98 Å². The standard InChI is InChI=1S/C21H25N5O/c1-14(2)26(15(3)4)21(27)17-9-7-6-8-16(17)18-10-11-19(24-23-18)20-22-12-13-25(20)5/h6-15H,1-5H3. The molecule has 3 rings (SSSR count). The van der Waals surface area contributed by atoms with Crippen molar-refractivity contribution in [1.29, 1.82) is 0 Å². The molecule has 0 fully saturated rings. The van der Waals surface area contributed by atoms with E-state index in [1.165, 1.54) is 0 Å². The molecule has 1 amide bonds. The first-order chi connectivity index (χ1) is 12.9. The number of benzene rings is 1. The Kier molecular flexibility index (Phi) is 5.35. The Bertz CT molecular complexity index is 920. The van der Waals surface area contributed by atoms with E-state index in [1.807, 2.05) is 86.8 Å². The highest BCUT2D eigenvalue weighted by Crippen LogP contribution is 2.25. The lowest BCUT2D eigenvalue weighted by Gasteiger charge is -2.31. The smallest absolute Gasteiger partial charge is 0.255 e. The van der Waals surface area contributed by atoms with E-state index in [9.17, 15) is 4.79 Å². The molecule has 0 saturated carbocycles. The molecule has 0 aliphatic carbocycles. The second kappa shape index (κ2) is 7.70. The van der Waals surface area contributed by atoms with Gasteiger partial charge >= 0.3 is 0 Å². The number of rotatable bonds is 5. The first kappa shape index (κ1) is 18.8. The van der Waals surface area contributed by atoms with Crippen LogP contribution in [-0.4, -0.2) is 42.6 Å². The number of aryl methyl sites for hydroxylation is 1. The highest BCUT2D eigenvalue weighted by atomic mass is 16.2. The zero-order valence-corrected chi connectivity index (χ0v) is 16.4. The van der Waals surface area contributed by atoms with E-state index >= 15 is 0 Å². The van der Waals surface area contributed by atoms with Gasteiger partial charge in [0.15, 0.2) is 5.82 Å². The lowest BCUT2D eigenvalue weighted by Crippen LogP contribution is -2.42. The summed E-state index contributed by atoms with van der Waals surface area (Å²) < 4.78 is 1.89. The van der Waals surface area contributed by atoms with Crippen molar-refractivity contribution in [2.45, 2.75) is 39.8 Å². The summed E-state index contributed by atoms with van der Waals surface area (Å²) in [5, 5.41) is 8.68. The summed E-state index contributed by atoms with van der Waals surface area (Å²) in [6.07, 6.45) is 3.59. The fourth-order valence-corrected chi connectivity index (χ4v) is 3.30. The van der Waals surface area contributed by atoms with Crippen LogP contribution in [0.5, 0.6) is 0 Å². The second-order valence-electron chi connectivity index (χ2n) is 7.11. The zero-order chi connectivity index (χ0) is 19.6. The largest absolute Gasteiger partial charge is 0.334 e. The maximum absolute atomic E-state index is 13.2. The van der Waals surface area contributed by atoms with Gasteiger partial charge in [0.1, 0.15) is 5.69 Å². The quantitative estimate of drug-likeness (QED) is 0.692. The Hall–Kier alpha value is -3.02. The minimum absolute atomic E-state index is 0.00516. The summed E-state index contributed by atoms with van der Waals surface area (Å²) in [6, 6.07) is 11.6. The van der Waals surface area contributed by atoms with E-state index in [1.54, 1.807) is 6.20 Å². The molecule has 0 radical (unpaired) electrons. The topological polar surface area (TPSA) is 63.9 Å². The van der Waals surface area contributed by atoms with Crippen LogP contribution in [0.1, 0.15) is 38.1 Å². The molecule has 0 spiro atoms. The van der Waals surface area contributed by atoms with Crippen molar-refractivity contribution >= 4 is 5.91 Å². The van der Waals surface area contributed by atoms with Crippen molar-refractivity contribution in [3.8, 4) is 22.8 Å². The molecule has 0 atom stereocenters. The Labute approximate surface area is 159 Å². The molecule has 140 valence electrons. The van der Waals surface area contributed by atoms with Gasteiger partial charge in [-0.3, -0.25) is 4.79 Å². The van der Waals surface area contributed by atoms with E-state index in [4.69, 9.17) is 0 Å². The van der Waals surface area contributed by atoms with Gasteiger partial charge in [-0.05, 0) is 45.9 Å². The van der Waals surface area contributed by atoms with Gasteiger partial charge in [0.05, 0.1) is 5.69 Å². The van der Waals surface area contributed by atoms with E-state index < -0.39 is 0 Å². The molecule has 6 nitrogen and oxygen atoms in total. The van der Waals surface area contributed by atoms with E-state index in [2.05, 4.69) is 15.2 Å². The van der Waals surface area contributed by atoms with E-state index in [0.717, 1.165) is 11.4 Å². The normalized spacial score (nSPS) is 11.2. The van der Waals surface area contributed by atoms with Crippen molar-refractivity contribution in [3.05, 3.63) is 54.4 Å². The molecule has 27 heavy (non-hydrogen) atoms. The number of imidazole rings is 1. The van der Waals surface area contributed by atoms with Gasteiger partial charge < -0.3 is 9.47 Å². The molecule has 0 bridgehead atoms. The Balaban J connectivity index is 1.99. The van der Waals surface area contributed by atoms with Crippen LogP contribution >= 0.6 is 0 Å². The molecular formula is C21H25N5O. The van der Waals surface area contributed by atoms with Crippen molar-refractivity contribution in [1.82, 2.24) is 24.6 Å². The van der Waals surface area contributed by atoms with E-state index in [0.29, 0.717) is 17.0 Å². The Morgan fingerprint density at radius 3 is 2.15 bits per heavy atom. The number of aromatic nitrogens is 4. The lowest BCUT2D eigenvalue weighted by molar-refractivity contribution is 0.0644. The van der Waals surface area contributed by atoms with Crippen molar-refractivity contribution in [2.75, 3.05) is 0 Å². The average molecular weight is 363 g/mol. The molecule has 6 heteroatoms. The number of hydrogen-bond donors (Lipinski definition) is 0. The number of nitrogens with zero attached hydrogens (tertiary/aromatic N) is 5. The van der Waals surface area contributed by atoms with Gasteiger partial charge in [-0.15, -0.1) is 10.2 Å². The minimum atomic E-state index is 0.00516. The van der Waals surface area contributed by atoms with Crippen LogP contribution in [0.2, 0.25) is 0 Å². The SMILES string of the molecule is CC(C)N(C(=O)c1ccccc1-c1ccc(-c2nccn2C)nn1)C(C)C. The highest BCUT2D eigenvalue weighted by molar-refractivity contribution is 6.00. The molecule has 0 aliphatic heterocycles. The van der Waals surface area contributed by atoms with Crippen LogP contribution in [0.25, 0.3) is 22.8 Å². The zero-order valence-electron chi connectivity index (χ0n) is 16.4. The van der Waals surface area contributed by atoms with Gasteiger partial charge in [-0.1, -0.05) is 18.2 Å². The predicted molar refractivity (Wildman–Crippen MR) is 106 cm³/mol. The second-order valence-corrected chi connectivity index (χ2v) is 7.11. The summed E-state index contributed by atoms with van der Waals surface area (Å²) in [5.74, 6) is 0.759. The molecule has 2 heterocycles. The average Bonchev–Trinajstić information content (AvgIpc) is 3.07. The number of carbonyl (C=O) groups excluding carboxylic acids is 1. The first-order valence-electron chi connectivity index (χ1n) is 9.13. The van der Waals surface area contributed by atoms with Crippen molar-refractivity contribution < 1.29 is 4.79 Å². The molecule has 1 aromatic carbocycles. The summed E-state index contributed by atoms with van der Waals surface area (Å²) in [5.41, 5.74) is 2.79. The molecule has 0 unspecified atom stereocenters. The molecule has 2 aromatic heterocycles. The van der Waals surface area contributed by atoms with Gasteiger partial charge in [0.2, 0.25) is 0 Å². The fourth-order valence-electron chi connectivity index (χ4n) is 3.30. The maximum atomic E-state index is 13.2. The van der Waals surface area contributed by atoms with Crippen molar-refractivity contribution in [3.63, 3.8) is 0 Å². The number of amides is 1. The van der Waals surface area contributed by atoms with Crippen LogP contribution in [0.3, 0.4) is 0 Å². The lowest BCUT2D eigenvalue weighted by atomic mass is 10.0. The maximum Gasteiger partial charge on any atom is 0.255 e. The Morgan fingerprint density at radius 1 is 0.963 bits per heavy atom. The Morgan fingerprint density at radius 2 is 1.59 bits per heavy atom. The third-order valence-electron chi connectivity index (χ3n) is 4.50.